The number of benzene rings is 1. The van der Waals surface area contributed by atoms with Crippen LogP contribution in [-0.4, -0.2) is 17.3 Å². The van der Waals surface area contributed by atoms with Crippen molar-refractivity contribution < 1.29 is 4.79 Å². The summed E-state index contributed by atoms with van der Waals surface area (Å²) in [4.78, 5) is 12.0. The summed E-state index contributed by atoms with van der Waals surface area (Å²) >= 11 is 14.9. The monoisotopic (exact) mass is 337 g/mol. The lowest BCUT2D eigenvalue weighted by Gasteiger charge is -2.25. The highest BCUT2D eigenvalue weighted by atomic mass is 79.9. The van der Waals surface area contributed by atoms with Crippen molar-refractivity contribution in [2.24, 2.45) is 0 Å². The maximum Gasteiger partial charge on any atom is 0.251 e. The van der Waals surface area contributed by atoms with E-state index in [1.165, 1.54) is 0 Å². The van der Waals surface area contributed by atoms with Gasteiger partial charge in [0.1, 0.15) is 0 Å². The summed E-state index contributed by atoms with van der Waals surface area (Å²) in [5.41, 5.74) is 0.209. The van der Waals surface area contributed by atoms with Gasteiger partial charge in [-0.25, -0.2) is 0 Å². The van der Waals surface area contributed by atoms with Crippen molar-refractivity contribution in [3.63, 3.8) is 0 Å². The Morgan fingerprint density at radius 3 is 2.59 bits per heavy atom. The van der Waals surface area contributed by atoms with E-state index >= 15 is 0 Å². The van der Waals surface area contributed by atoms with Gasteiger partial charge in [0.05, 0.1) is 0 Å². The molecule has 1 aromatic carbocycles. The molecule has 0 aliphatic rings. The normalized spacial score (nSPS) is 11.4. The molecule has 0 saturated heterocycles. The van der Waals surface area contributed by atoms with Crippen LogP contribution >= 0.6 is 39.1 Å². The molecular weight excluding hydrogens is 325 g/mol. The van der Waals surface area contributed by atoms with E-state index < -0.39 is 0 Å². The molecule has 0 bridgehead atoms. The minimum absolute atomic E-state index is 0.150. The third-order valence-corrected chi connectivity index (χ3v) is 3.16. The van der Waals surface area contributed by atoms with Crippen LogP contribution in [0.2, 0.25) is 5.02 Å². The van der Waals surface area contributed by atoms with Crippen molar-refractivity contribution in [2.45, 2.75) is 25.8 Å². The summed E-state index contributed by atoms with van der Waals surface area (Å²) < 4.78 is 0.783. The average Bonchev–Trinajstić information content (AvgIpc) is 2.14. The number of hydrogen-bond acceptors (Lipinski definition) is 1. The quantitative estimate of drug-likeness (QED) is 0.817. The highest BCUT2D eigenvalue weighted by Crippen LogP contribution is 2.20. The lowest BCUT2D eigenvalue weighted by molar-refractivity contribution is 0.0911. The minimum atomic E-state index is -0.326. The van der Waals surface area contributed by atoms with Crippen molar-refractivity contribution >= 4 is 45.0 Å². The van der Waals surface area contributed by atoms with Crippen LogP contribution in [0.1, 0.15) is 30.6 Å². The molecule has 94 valence electrons. The Bertz CT molecular complexity index is 401. The van der Waals surface area contributed by atoms with Crippen molar-refractivity contribution in [3.8, 4) is 0 Å². The number of carbonyl (C=O) groups is 1. The first-order chi connectivity index (χ1) is 7.84. The van der Waals surface area contributed by atoms with E-state index in [2.05, 4.69) is 21.2 Å². The van der Waals surface area contributed by atoms with Gasteiger partial charge in [-0.1, -0.05) is 27.5 Å². The van der Waals surface area contributed by atoms with Gasteiger partial charge in [0.2, 0.25) is 0 Å². The molecule has 0 aliphatic heterocycles. The Morgan fingerprint density at radius 2 is 2.06 bits per heavy atom. The van der Waals surface area contributed by atoms with Crippen LogP contribution in [0.5, 0.6) is 0 Å². The molecule has 0 fully saturated rings. The van der Waals surface area contributed by atoms with Gasteiger partial charge >= 0.3 is 0 Å². The number of hydrogen-bond donors (Lipinski definition) is 1. The van der Waals surface area contributed by atoms with E-state index in [4.69, 9.17) is 23.2 Å². The average molecular weight is 339 g/mol. The highest BCUT2D eigenvalue weighted by Gasteiger charge is 2.20. The van der Waals surface area contributed by atoms with E-state index in [-0.39, 0.29) is 11.4 Å². The summed E-state index contributed by atoms with van der Waals surface area (Å²) in [7, 11) is 0. The summed E-state index contributed by atoms with van der Waals surface area (Å²) in [5, 5.41) is 3.45. The molecule has 0 atom stereocenters. The Balaban J connectivity index is 2.83. The van der Waals surface area contributed by atoms with Crippen molar-refractivity contribution in [2.75, 3.05) is 5.88 Å². The Hall–Kier alpha value is -0.250. The summed E-state index contributed by atoms with van der Waals surface area (Å²) in [6.07, 6.45) is 0.710. The van der Waals surface area contributed by atoms with Crippen LogP contribution in [0.25, 0.3) is 0 Å². The Labute approximate surface area is 120 Å². The number of halogens is 3. The first-order valence-electron chi connectivity index (χ1n) is 5.18. The molecule has 1 amide bonds. The van der Waals surface area contributed by atoms with Gasteiger partial charge in [0.15, 0.2) is 0 Å². The lowest BCUT2D eigenvalue weighted by Crippen LogP contribution is -2.43. The van der Waals surface area contributed by atoms with Crippen molar-refractivity contribution in [3.05, 3.63) is 33.3 Å². The second kappa shape index (κ2) is 6.07. The van der Waals surface area contributed by atoms with Gasteiger partial charge in [-0.15, -0.1) is 11.6 Å². The molecule has 2 nitrogen and oxygen atoms in total. The topological polar surface area (TPSA) is 29.1 Å². The highest BCUT2D eigenvalue weighted by molar-refractivity contribution is 9.10. The van der Waals surface area contributed by atoms with Gasteiger partial charge in [0, 0.05) is 26.5 Å². The maximum absolute atomic E-state index is 12.0. The first kappa shape index (κ1) is 14.8. The zero-order valence-electron chi connectivity index (χ0n) is 9.69. The molecule has 0 radical (unpaired) electrons. The molecule has 1 rings (SSSR count). The Kier molecular flexibility index (Phi) is 5.29. The maximum atomic E-state index is 12.0. The first-order valence-corrected chi connectivity index (χ1v) is 6.89. The van der Waals surface area contributed by atoms with Crippen LogP contribution < -0.4 is 5.32 Å². The van der Waals surface area contributed by atoms with Crippen LogP contribution in [0.3, 0.4) is 0 Å². The summed E-state index contributed by atoms with van der Waals surface area (Å²) in [6.45, 7) is 3.87. The molecule has 5 heteroatoms. The number of rotatable bonds is 4. The van der Waals surface area contributed by atoms with E-state index in [9.17, 15) is 4.79 Å². The molecule has 1 aromatic rings. The van der Waals surface area contributed by atoms with Crippen molar-refractivity contribution in [1.29, 1.82) is 0 Å². The van der Waals surface area contributed by atoms with Gasteiger partial charge in [-0.05, 0) is 38.5 Å². The van der Waals surface area contributed by atoms with Crippen molar-refractivity contribution in [1.82, 2.24) is 5.32 Å². The summed E-state index contributed by atoms with van der Waals surface area (Å²) in [5.74, 6) is 0.357. The second-order valence-corrected chi connectivity index (χ2v) is 6.17. The number of carbonyl (C=O) groups excluding carboxylic acids is 1. The predicted octanol–water partition coefficient (Wildman–Crippen LogP) is 4.24. The van der Waals surface area contributed by atoms with Gasteiger partial charge in [0.25, 0.3) is 5.91 Å². The molecule has 0 saturated carbocycles. The third kappa shape index (κ3) is 4.86. The van der Waals surface area contributed by atoms with E-state index in [0.717, 1.165) is 4.47 Å². The molecule has 0 unspecified atom stereocenters. The van der Waals surface area contributed by atoms with Crippen LogP contribution in [0, 0.1) is 0 Å². The molecule has 17 heavy (non-hydrogen) atoms. The standard InChI is InChI=1S/C12H14BrCl2NO/c1-12(2,3-4-14)16-11(17)8-5-9(13)7-10(15)6-8/h5-7H,3-4H2,1-2H3,(H,16,17). The molecule has 0 aromatic heterocycles. The van der Waals surface area contributed by atoms with Crippen LogP contribution in [0.4, 0.5) is 0 Å². The molecule has 1 N–H and O–H groups in total. The van der Waals surface area contributed by atoms with Gasteiger partial charge < -0.3 is 5.32 Å². The predicted molar refractivity (Wildman–Crippen MR) is 76.0 cm³/mol. The third-order valence-electron chi connectivity index (χ3n) is 2.30. The second-order valence-electron chi connectivity index (χ2n) is 4.44. The number of amides is 1. The van der Waals surface area contributed by atoms with E-state index in [0.29, 0.717) is 22.9 Å². The Morgan fingerprint density at radius 1 is 1.41 bits per heavy atom. The van der Waals surface area contributed by atoms with E-state index in [1.807, 2.05) is 13.8 Å². The fraction of sp³-hybridized carbons (Fsp3) is 0.417. The van der Waals surface area contributed by atoms with Crippen LogP contribution in [-0.2, 0) is 0 Å². The van der Waals surface area contributed by atoms with Gasteiger partial charge in [-0.3, -0.25) is 4.79 Å². The SMILES string of the molecule is CC(C)(CCCl)NC(=O)c1cc(Cl)cc(Br)c1. The minimum Gasteiger partial charge on any atom is -0.347 e. The zero-order valence-corrected chi connectivity index (χ0v) is 12.8. The smallest absolute Gasteiger partial charge is 0.251 e. The number of nitrogens with one attached hydrogen (secondary N) is 1. The number of alkyl halides is 1. The largest absolute Gasteiger partial charge is 0.347 e. The molecular formula is C12H14BrCl2NO. The van der Waals surface area contributed by atoms with E-state index in [1.54, 1.807) is 18.2 Å². The fourth-order valence-electron chi connectivity index (χ4n) is 1.36. The lowest BCUT2D eigenvalue weighted by atomic mass is 10.0. The molecule has 0 aliphatic carbocycles. The summed E-state index contributed by atoms with van der Waals surface area (Å²) in [6, 6.07) is 5.11. The molecule has 0 heterocycles. The fourth-order valence-corrected chi connectivity index (χ4v) is 2.70. The van der Waals surface area contributed by atoms with Crippen LogP contribution in [0.15, 0.2) is 22.7 Å². The van der Waals surface area contributed by atoms with Gasteiger partial charge in [-0.2, -0.15) is 0 Å². The zero-order chi connectivity index (χ0) is 13.1. The molecule has 0 spiro atoms.